The van der Waals surface area contributed by atoms with Crippen LogP contribution in [-0.4, -0.2) is 56.3 Å². The van der Waals surface area contributed by atoms with Gasteiger partial charge in [-0.1, -0.05) is 0 Å². The maximum absolute atomic E-state index is 10.3. The van der Waals surface area contributed by atoms with Crippen molar-refractivity contribution in [3.63, 3.8) is 0 Å². The summed E-state index contributed by atoms with van der Waals surface area (Å²) in [5, 5.41) is 9.53. The fourth-order valence-corrected chi connectivity index (χ4v) is 1.75. The molecular formula is C7H15NO7S. The molecule has 0 aliphatic carbocycles. The number of aliphatic hydroxyl groups excluding tert-OH is 1. The Kier molecular flexibility index (Phi) is 4.62. The van der Waals surface area contributed by atoms with E-state index in [9.17, 15) is 13.5 Å². The molecule has 1 heterocycles. The van der Waals surface area contributed by atoms with Gasteiger partial charge >= 0.3 is 10.4 Å². The van der Waals surface area contributed by atoms with Crippen LogP contribution in [0.4, 0.5) is 0 Å². The van der Waals surface area contributed by atoms with Crippen molar-refractivity contribution >= 4 is 10.4 Å². The molecule has 96 valence electrons. The quantitative estimate of drug-likeness (QED) is 0.506. The molecule has 0 radical (unpaired) electrons. The third kappa shape index (κ3) is 3.94. The van der Waals surface area contributed by atoms with E-state index >= 15 is 0 Å². The van der Waals surface area contributed by atoms with Crippen LogP contribution in [0.3, 0.4) is 0 Å². The summed E-state index contributed by atoms with van der Waals surface area (Å²) in [5.74, 6) is 0. The lowest BCUT2D eigenvalue weighted by Crippen LogP contribution is -2.54. The second kappa shape index (κ2) is 5.36. The average molecular weight is 257 g/mol. The molecule has 4 N–H and O–H groups in total. The first-order valence-corrected chi connectivity index (χ1v) is 5.93. The number of methoxy groups -OCH3 is 1. The molecule has 0 aromatic rings. The molecule has 1 rings (SSSR count). The van der Waals surface area contributed by atoms with Crippen LogP contribution < -0.4 is 5.73 Å². The van der Waals surface area contributed by atoms with E-state index in [1.807, 2.05) is 0 Å². The Labute approximate surface area is 93.2 Å². The third-order valence-corrected chi connectivity index (χ3v) is 2.66. The molecule has 0 aromatic carbocycles. The fraction of sp³-hybridized carbons (Fsp3) is 1.00. The van der Waals surface area contributed by atoms with Crippen molar-refractivity contribution in [2.45, 2.75) is 31.0 Å². The van der Waals surface area contributed by atoms with Crippen LogP contribution in [0.1, 0.15) is 6.42 Å². The van der Waals surface area contributed by atoms with Gasteiger partial charge in [0.15, 0.2) is 6.29 Å². The maximum atomic E-state index is 10.3. The number of hydrogen-bond acceptors (Lipinski definition) is 7. The molecule has 8 nitrogen and oxygen atoms in total. The van der Waals surface area contributed by atoms with Gasteiger partial charge in [0.25, 0.3) is 0 Å². The highest BCUT2D eigenvalue weighted by molar-refractivity contribution is 7.80. The first-order valence-electron chi connectivity index (χ1n) is 4.57. The van der Waals surface area contributed by atoms with Crippen LogP contribution in [0.15, 0.2) is 0 Å². The minimum Gasteiger partial charge on any atom is -0.391 e. The van der Waals surface area contributed by atoms with Crippen LogP contribution in [0.2, 0.25) is 0 Å². The standard InChI is InChI=1S/C7H15NO7S/c1-13-7-6(8)5(9)2-4(15-7)3-14-16(10,11)12/h4-7,9H,2-3,8H2,1H3,(H,10,11,12)/t4?,5-,6?,7+/m1/s1. The van der Waals surface area contributed by atoms with Crippen molar-refractivity contribution in [2.75, 3.05) is 13.7 Å². The molecule has 1 aliphatic heterocycles. The summed E-state index contributed by atoms with van der Waals surface area (Å²) in [6.07, 6.45) is -2.31. The van der Waals surface area contributed by atoms with Gasteiger partial charge in [0.2, 0.25) is 0 Å². The molecule has 0 spiro atoms. The van der Waals surface area contributed by atoms with Gasteiger partial charge in [0, 0.05) is 13.5 Å². The van der Waals surface area contributed by atoms with E-state index in [-0.39, 0.29) is 6.42 Å². The van der Waals surface area contributed by atoms with Gasteiger partial charge in [-0.2, -0.15) is 8.42 Å². The van der Waals surface area contributed by atoms with Crippen molar-refractivity contribution in [1.29, 1.82) is 0 Å². The Bertz CT molecular complexity index is 319. The Balaban J connectivity index is 2.51. The molecule has 0 saturated carbocycles. The fourth-order valence-electron chi connectivity index (χ4n) is 1.43. The van der Waals surface area contributed by atoms with Crippen LogP contribution >= 0.6 is 0 Å². The first kappa shape index (κ1) is 13.8. The Morgan fingerprint density at radius 2 is 2.19 bits per heavy atom. The lowest BCUT2D eigenvalue weighted by Gasteiger charge is -2.36. The van der Waals surface area contributed by atoms with E-state index in [4.69, 9.17) is 19.8 Å². The zero-order chi connectivity index (χ0) is 12.3. The Hall–Kier alpha value is -0.290. The number of nitrogens with two attached hydrogens (primary N) is 1. The number of aliphatic hydroxyl groups is 1. The molecule has 1 fully saturated rings. The monoisotopic (exact) mass is 257 g/mol. The molecule has 0 aromatic heterocycles. The molecule has 1 aliphatic rings. The minimum absolute atomic E-state index is 0.108. The zero-order valence-electron chi connectivity index (χ0n) is 8.64. The van der Waals surface area contributed by atoms with Crippen molar-refractivity contribution in [3.8, 4) is 0 Å². The summed E-state index contributed by atoms with van der Waals surface area (Å²) in [5.41, 5.74) is 5.57. The van der Waals surface area contributed by atoms with E-state index in [0.29, 0.717) is 0 Å². The van der Waals surface area contributed by atoms with Crippen LogP contribution in [-0.2, 0) is 24.1 Å². The van der Waals surface area contributed by atoms with E-state index in [1.54, 1.807) is 0 Å². The molecule has 0 bridgehead atoms. The molecule has 0 amide bonds. The number of hydrogen-bond donors (Lipinski definition) is 3. The Morgan fingerprint density at radius 3 is 2.69 bits per heavy atom. The molecule has 2 unspecified atom stereocenters. The van der Waals surface area contributed by atoms with Gasteiger partial charge in [-0.25, -0.2) is 4.18 Å². The molecule has 1 saturated heterocycles. The summed E-state index contributed by atoms with van der Waals surface area (Å²) >= 11 is 0. The van der Waals surface area contributed by atoms with Gasteiger partial charge in [0.1, 0.15) is 0 Å². The summed E-state index contributed by atoms with van der Waals surface area (Å²) in [4.78, 5) is 0. The highest BCUT2D eigenvalue weighted by Crippen LogP contribution is 2.20. The second-order valence-electron chi connectivity index (χ2n) is 3.45. The lowest BCUT2D eigenvalue weighted by atomic mass is 10.0. The van der Waals surface area contributed by atoms with Crippen LogP contribution in [0.25, 0.3) is 0 Å². The predicted molar refractivity (Wildman–Crippen MR) is 51.8 cm³/mol. The lowest BCUT2D eigenvalue weighted by molar-refractivity contribution is -0.219. The number of ether oxygens (including phenoxy) is 2. The van der Waals surface area contributed by atoms with Gasteiger partial charge in [-0.15, -0.1) is 0 Å². The van der Waals surface area contributed by atoms with E-state index < -0.39 is 41.5 Å². The molecular weight excluding hydrogens is 242 g/mol. The highest BCUT2D eigenvalue weighted by Gasteiger charge is 2.36. The first-order chi connectivity index (χ1) is 7.33. The third-order valence-electron chi connectivity index (χ3n) is 2.22. The second-order valence-corrected chi connectivity index (χ2v) is 4.55. The summed E-state index contributed by atoms with van der Waals surface area (Å²) in [6, 6.07) is -0.702. The topological polar surface area (TPSA) is 128 Å². The normalized spacial score (nSPS) is 36.2. The van der Waals surface area contributed by atoms with E-state index in [1.165, 1.54) is 7.11 Å². The molecule has 16 heavy (non-hydrogen) atoms. The Morgan fingerprint density at radius 1 is 1.56 bits per heavy atom. The minimum atomic E-state index is -4.51. The maximum Gasteiger partial charge on any atom is 0.397 e. The van der Waals surface area contributed by atoms with Gasteiger partial charge in [-0.05, 0) is 0 Å². The van der Waals surface area contributed by atoms with Crippen LogP contribution in [0.5, 0.6) is 0 Å². The van der Waals surface area contributed by atoms with Gasteiger partial charge in [-0.3, -0.25) is 4.55 Å². The van der Waals surface area contributed by atoms with Crippen molar-refractivity contribution < 1.29 is 31.7 Å². The van der Waals surface area contributed by atoms with Crippen molar-refractivity contribution in [1.82, 2.24) is 0 Å². The zero-order valence-corrected chi connectivity index (χ0v) is 9.46. The predicted octanol–water partition coefficient (Wildman–Crippen LogP) is -1.74. The SMILES string of the molecule is CO[C@H]1OC(COS(=O)(=O)O)C[C@@H](O)C1N. The average Bonchev–Trinajstić information content (AvgIpc) is 2.18. The summed E-state index contributed by atoms with van der Waals surface area (Å²) in [7, 11) is -3.16. The van der Waals surface area contributed by atoms with Crippen molar-refractivity contribution in [2.24, 2.45) is 5.73 Å². The summed E-state index contributed by atoms with van der Waals surface area (Å²) < 4.78 is 43.2. The molecule has 4 atom stereocenters. The van der Waals surface area contributed by atoms with E-state index in [0.717, 1.165) is 0 Å². The summed E-state index contributed by atoms with van der Waals surface area (Å²) in [6.45, 7) is -0.400. The number of rotatable bonds is 4. The van der Waals surface area contributed by atoms with E-state index in [2.05, 4.69) is 4.18 Å². The smallest absolute Gasteiger partial charge is 0.391 e. The van der Waals surface area contributed by atoms with Gasteiger partial charge in [0.05, 0.1) is 24.9 Å². The van der Waals surface area contributed by atoms with Crippen LogP contribution in [0, 0.1) is 0 Å². The van der Waals surface area contributed by atoms with Crippen molar-refractivity contribution in [3.05, 3.63) is 0 Å². The van der Waals surface area contributed by atoms with Gasteiger partial charge < -0.3 is 20.3 Å². The largest absolute Gasteiger partial charge is 0.397 e. The molecule has 9 heteroatoms. The highest BCUT2D eigenvalue weighted by atomic mass is 32.3.